The average Bonchev–Trinajstić information content (AvgIpc) is 3.16. The fourth-order valence-electron chi connectivity index (χ4n) is 2.11. The van der Waals surface area contributed by atoms with Gasteiger partial charge in [0.1, 0.15) is 5.82 Å². The van der Waals surface area contributed by atoms with Crippen LogP contribution in [-0.4, -0.2) is 33.4 Å². The number of likely N-dealkylation sites (N-methyl/N-ethyl adjacent to an activating group) is 1. The number of hydrogen-bond acceptors (Lipinski definition) is 5. The van der Waals surface area contributed by atoms with Crippen LogP contribution in [0.5, 0.6) is 0 Å². The van der Waals surface area contributed by atoms with Crippen LogP contribution in [-0.2, 0) is 6.42 Å². The molecule has 2 N–H and O–H groups in total. The minimum absolute atomic E-state index is 0.256. The van der Waals surface area contributed by atoms with Crippen LogP contribution in [0.25, 0.3) is 22.7 Å². The van der Waals surface area contributed by atoms with Gasteiger partial charge in [-0.05, 0) is 38.2 Å². The normalized spacial score (nSPS) is 12.5. The molecule has 0 aliphatic rings. The third-order valence-electron chi connectivity index (χ3n) is 3.45. The Labute approximate surface area is 126 Å². The van der Waals surface area contributed by atoms with E-state index in [1.807, 2.05) is 14.0 Å². The van der Waals surface area contributed by atoms with Crippen LogP contribution in [0.2, 0.25) is 0 Å². The van der Waals surface area contributed by atoms with Gasteiger partial charge in [-0.3, -0.25) is 5.10 Å². The summed E-state index contributed by atoms with van der Waals surface area (Å²) in [7, 11) is 1.88. The molecule has 2 aromatic heterocycles. The minimum Gasteiger partial charge on any atom is -0.334 e. The van der Waals surface area contributed by atoms with E-state index in [0.29, 0.717) is 23.7 Å². The first-order chi connectivity index (χ1) is 10.7. The molecule has 0 aliphatic heterocycles. The van der Waals surface area contributed by atoms with E-state index in [0.717, 1.165) is 11.3 Å². The Bertz CT molecular complexity index is 749. The highest BCUT2D eigenvalue weighted by Gasteiger charge is 2.17. The van der Waals surface area contributed by atoms with Crippen molar-refractivity contribution in [2.75, 3.05) is 7.05 Å². The number of aromatic nitrogens is 4. The molecule has 0 spiro atoms. The Morgan fingerprint density at radius 1 is 1.32 bits per heavy atom. The lowest BCUT2D eigenvalue weighted by Crippen LogP contribution is -2.24. The number of rotatable bonds is 5. The summed E-state index contributed by atoms with van der Waals surface area (Å²) in [4.78, 5) is 4.39. The molecule has 0 amide bonds. The van der Waals surface area contributed by atoms with Crippen molar-refractivity contribution in [2.24, 2.45) is 0 Å². The first kappa shape index (κ1) is 14.4. The van der Waals surface area contributed by atoms with Crippen molar-refractivity contribution in [2.45, 2.75) is 19.4 Å². The fourth-order valence-corrected chi connectivity index (χ4v) is 2.11. The van der Waals surface area contributed by atoms with Crippen molar-refractivity contribution in [1.82, 2.24) is 25.7 Å². The predicted molar refractivity (Wildman–Crippen MR) is 79.5 cm³/mol. The second kappa shape index (κ2) is 6.07. The zero-order chi connectivity index (χ0) is 15.5. The molecule has 1 unspecified atom stereocenters. The van der Waals surface area contributed by atoms with Crippen molar-refractivity contribution in [3.63, 3.8) is 0 Å². The molecule has 114 valence electrons. The van der Waals surface area contributed by atoms with Gasteiger partial charge in [0, 0.05) is 18.0 Å². The van der Waals surface area contributed by atoms with Gasteiger partial charge in [-0.15, -0.1) is 0 Å². The summed E-state index contributed by atoms with van der Waals surface area (Å²) in [5, 5.41) is 14.0. The zero-order valence-electron chi connectivity index (χ0n) is 12.3. The van der Waals surface area contributed by atoms with E-state index in [1.54, 1.807) is 18.3 Å². The first-order valence-corrected chi connectivity index (χ1v) is 6.97. The smallest absolute Gasteiger partial charge is 0.261 e. The van der Waals surface area contributed by atoms with Crippen LogP contribution in [0.1, 0.15) is 12.7 Å². The van der Waals surface area contributed by atoms with E-state index in [-0.39, 0.29) is 11.9 Å². The number of H-pyrrole nitrogens is 1. The summed E-state index contributed by atoms with van der Waals surface area (Å²) in [5.41, 5.74) is 2.22. The van der Waals surface area contributed by atoms with Gasteiger partial charge in [0.2, 0.25) is 0 Å². The molecular weight excluding hydrogens is 285 g/mol. The molecular formula is C15H16FN5O. The molecule has 0 radical (unpaired) electrons. The third-order valence-corrected chi connectivity index (χ3v) is 3.45. The maximum atomic E-state index is 13.0. The van der Waals surface area contributed by atoms with Gasteiger partial charge in [-0.25, -0.2) is 4.39 Å². The van der Waals surface area contributed by atoms with Gasteiger partial charge in [0.05, 0.1) is 17.5 Å². The summed E-state index contributed by atoms with van der Waals surface area (Å²) < 4.78 is 18.4. The molecule has 7 heteroatoms. The molecule has 0 aliphatic carbocycles. The van der Waals surface area contributed by atoms with Gasteiger partial charge in [0.25, 0.3) is 5.89 Å². The highest BCUT2D eigenvalue weighted by atomic mass is 19.1. The van der Waals surface area contributed by atoms with Gasteiger partial charge >= 0.3 is 0 Å². The topological polar surface area (TPSA) is 79.6 Å². The van der Waals surface area contributed by atoms with E-state index in [1.165, 1.54) is 12.1 Å². The van der Waals surface area contributed by atoms with Crippen molar-refractivity contribution >= 4 is 0 Å². The lowest BCUT2D eigenvalue weighted by molar-refractivity contribution is 0.418. The number of benzene rings is 1. The van der Waals surface area contributed by atoms with Gasteiger partial charge in [-0.2, -0.15) is 10.1 Å². The Balaban J connectivity index is 1.90. The Hall–Kier alpha value is -2.54. The van der Waals surface area contributed by atoms with Crippen LogP contribution in [0, 0.1) is 5.82 Å². The summed E-state index contributed by atoms with van der Waals surface area (Å²) in [6.07, 6.45) is 2.29. The Morgan fingerprint density at radius 3 is 2.82 bits per heavy atom. The van der Waals surface area contributed by atoms with Gasteiger partial charge in [-0.1, -0.05) is 5.16 Å². The number of halogens is 1. The maximum absolute atomic E-state index is 13.0. The van der Waals surface area contributed by atoms with Crippen LogP contribution < -0.4 is 5.32 Å². The summed E-state index contributed by atoms with van der Waals surface area (Å²) in [6.45, 7) is 2.04. The number of hydrogen-bond donors (Lipinski definition) is 2. The minimum atomic E-state index is -0.286. The summed E-state index contributed by atoms with van der Waals surface area (Å²) in [6, 6.07) is 6.40. The molecule has 1 atom stereocenters. The van der Waals surface area contributed by atoms with Crippen molar-refractivity contribution in [3.05, 3.63) is 42.1 Å². The summed E-state index contributed by atoms with van der Waals surface area (Å²) in [5.74, 6) is 0.737. The highest BCUT2D eigenvalue weighted by molar-refractivity contribution is 5.76. The van der Waals surface area contributed by atoms with Crippen LogP contribution in [0.15, 0.2) is 35.0 Å². The highest BCUT2D eigenvalue weighted by Crippen LogP contribution is 2.29. The van der Waals surface area contributed by atoms with E-state index in [9.17, 15) is 4.39 Å². The molecule has 22 heavy (non-hydrogen) atoms. The Kier molecular flexibility index (Phi) is 3.97. The van der Waals surface area contributed by atoms with E-state index >= 15 is 0 Å². The summed E-state index contributed by atoms with van der Waals surface area (Å²) >= 11 is 0. The first-order valence-electron chi connectivity index (χ1n) is 6.97. The molecule has 0 saturated heterocycles. The standard InChI is InChI=1S/C15H16FN5O/c1-9(17-2)7-13-19-15(22-21-13)12-8-18-20-14(12)10-3-5-11(16)6-4-10/h3-6,8-9,17H,7H2,1-2H3,(H,18,20). The molecule has 0 fully saturated rings. The molecule has 2 heterocycles. The molecule has 1 aromatic carbocycles. The van der Waals surface area contributed by atoms with Crippen LogP contribution in [0.4, 0.5) is 4.39 Å². The van der Waals surface area contributed by atoms with E-state index < -0.39 is 0 Å². The maximum Gasteiger partial charge on any atom is 0.261 e. The number of nitrogens with zero attached hydrogens (tertiary/aromatic N) is 3. The second-order valence-electron chi connectivity index (χ2n) is 5.08. The quantitative estimate of drug-likeness (QED) is 0.756. The molecule has 3 rings (SSSR count). The van der Waals surface area contributed by atoms with Crippen molar-refractivity contribution < 1.29 is 8.91 Å². The average molecular weight is 301 g/mol. The fraction of sp³-hybridized carbons (Fsp3) is 0.267. The number of aromatic amines is 1. The van der Waals surface area contributed by atoms with E-state index in [4.69, 9.17) is 4.52 Å². The van der Waals surface area contributed by atoms with E-state index in [2.05, 4.69) is 25.7 Å². The zero-order valence-corrected chi connectivity index (χ0v) is 12.3. The van der Waals surface area contributed by atoms with Gasteiger partial charge in [0.15, 0.2) is 5.82 Å². The largest absolute Gasteiger partial charge is 0.334 e. The van der Waals surface area contributed by atoms with Gasteiger partial charge < -0.3 is 9.84 Å². The SMILES string of the molecule is CNC(C)Cc1noc(-c2cn[nH]c2-c2ccc(F)cc2)n1. The number of nitrogens with one attached hydrogen (secondary N) is 2. The van der Waals surface area contributed by atoms with Crippen LogP contribution >= 0.6 is 0 Å². The molecule has 3 aromatic rings. The lowest BCUT2D eigenvalue weighted by atomic mass is 10.1. The lowest BCUT2D eigenvalue weighted by Gasteiger charge is -2.04. The monoisotopic (exact) mass is 301 g/mol. The molecule has 0 saturated carbocycles. The second-order valence-corrected chi connectivity index (χ2v) is 5.08. The predicted octanol–water partition coefficient (Wildman–Crippen LogP) is 2.42. The van der Waals surface area contributed by atoms with Crippen molar-refractivity contribution in [3.8, 4) is 22.7 Å². The van der Waals surface area contributed by atoms with Crippen LogP contribution in [0.3, 0.4) is 0 Å². The third kappa shape index (κ3) is 2.89. The molecule has 0 bridgehead atoms. The Morgan fingerprint density at radius 2 is 2.09 bits per heavy atom. The van der Waals surface area contributed by atoms with Crippen molar-refractivity contribution in [1.29, 1.82) is 0 Å². The molecule has 6 nitrogen and oxygen atoms in total.